The van der Waals surface area contributed by atoms with Crippen molar-refractivity contribution in [3.63, 3.8) is 0 Å². The third-order valence-corrected chi connectivity index (χ3v) is 3.84. The van der Waals surface area contributed by atoms with Gasteiger partial charge in [0.15, 0.2) is 0 Å². The zero-order valence-electron chi connectivity index (χ0n) is 11.2. The highest BCUT2D eigenvalue weighted by Gasteiger charge is 2.17. The van der Waals surface area contributed by atoms with E-state index < -0.39 is 11.7 Å². The molecule has 0 aliphatic carbocycles. The molecule has 0 aliphatic rings. The minimum atomic E-state index is -0.561. The van der Waals surface area contributed by atoms with Crippen molar-refractivity contribution in [1.29, 1.82) is 0 Å². The fraction of sp³-hybridized carbons (Fsp3) is 0.133. The Hall–Kier alpha value is -1.59. The molecule has 2 aromatic rings. The maximum atomic E-state index is 13.7. The fourth-order valence-corrected chi connectivity index (χ4v) is 2.45. The van der Waals surface area contributed by atoms with E-state index in [0.717, 1.165) is 0 Å². The maximum absolute atomic E-state index is 13.7. The minimum absolute atomic E-state index is 0.00639. The third-order valence-electron chi connectivity index (χ3n) is 2.98. The summed E-state index contributed by atoms with van der Waals surface area (Å²) in [6, 6.07) is 9.30. The van der Waals surface area contributed by atoms with Gasteiger partial charge >= 0.3 is 0 Å². The fourth-order valence-electron chi connectivity index (χ4n) is 1.91. The van der Waals surface area contributed by atoms with Gasteiger partial charge in [-0.3, -0.25) is 4.79 Å². The second-order valence-corrected chi connectivity index (χ2v) is 5.96. The molecule has 1 amide bonds. The van der Waals surface area contributed by atoms with Gasteiger partial charge in [-0.1, -0.05) is 27.5 Å². The van der Waals surface area contributed by atoms with Gasteiger partial charge < -0.3 is 10.6 Å². The maximum Gasteiger partial charge on any atom is 0.256 e. The van der Waals surface area contributed by atoms with Gasteiger partial charge in [-0.15, -0.1) is 0 Å². The Morgan fingerprint density at radius 3 is 2.76 bits per heavy atom. The van der Waals surface area contributed by atoms with Crippen LogP contribution < -0.4 is 5.73 Å². The van der Waals surface area contributed by atoms with E-state index in [1.807, 2.05) is 0 Å². The number of carbonyl (C=O) groups excluding carboxylic acids is 1. The largest absolute Gasteiger partial charge is 0.399 e. The van der Waals surface area contributed by atoms with Crippen molar-refractivity contribution in [1.82, 2.24) is 4.90 Å². The van der Waals surface area contributed by atoms with Crippen LogP contribution in [0.25, 0.3) is 0 Å². The van der Waals surface area contributed by atoms with Crippen molar-refractivity contribution < 1.29 is 9.18 Å². The number of hydrogen-bond acceptors (Lipinski definition) is 2. The smallest absolute Gasteiger partial charge is 0.256 e. The topological polar surface area (TPSA) is 46.3 Å². The molecule has 6 heteroatoms. The van der Waals surface area contributed by atoms with E-state index in [-0.39, 0.29) is 12.1 Å². The molecule has 0 unspecified atom stereocenters. The van der Waals surface area contributed by atoms with Crippen LogP contribution in [0, 0.1) is 5.82 Å². The third kappa shape index (κ3) is 3.74. The molecular weight excluding hydrogens is 359 g/mol. The van der Waals surface area contributed by atoms with E-state index in [4.69, 9.17) is 17.3 Å². The molecule has 0 saturated heterocycles. The van der Waals surface area contributed by atoms with Gasteiger partial charge in [-0.25, -0.2) is 4.39 Å². The molecule has 110 valence electrons. The Bertz CT molecular complexity index is 693. The van der Waals surface area contributed by atoms with E-state index >= 15 is 0 Å². The summed E-state index contributed by atoms with van der Waals surface area (Å²) in [6.45, 7) is 0.245. The predicted molar refractivity (Wildman–Crippen MR) is 85.8 cm³/mol. The molecule has 0 saturated carbocycles. The monoisotopic (exact) mass is 370 g/mol. The van der Waals surface area contributed by atoms with Gasteiger partial charge in [0, 0.05) is 28.8 Å². The van der Waals surface area contributed by atoms with Crippen molar-refractivity contribution in [2.75, 3.05) is 12.8 Å². The summed E-state index contributed by atoms with van der Waals surface area (Å²) in [5.74, 6) is -0.985. The summed E-state index contributed by atoms with van der Waals surface area (Å²) in [4.78, 5) is 13.7. The molecule has 0 fully saturated rings. The van der Waals surface area contributed by atoms with Crippen LogP contribution in [0.5, 0.6) is 0 Å². The number of nitrogens with two attached hydrogens (primary N) is 1. The molecule has 0 spiro atoms. The Kier molecular flexibility index (Phi) is 4.85. The highest BCUT2D eigenvalue weighted by Crippen LogP contribution is 2.22. The number of nitrogens with zero attached hydrogens (tertiary/aromatic N) is 1. The molecule has 0 aliphatic heterocycles. The van der Waals surface area contributed by atoms with E-state index in [9.17, 15) is 9.18 Å². The number of halogens is 3. The lowest BCUT2D eigenvalue weighted by atomic mass is 10.1. The molecule has 2 N–H and O–H groups in total. The first-order valence-electron chi connectivity index (χ1n) is 6.13. The summed E-state index contributed by atoms with van der Waals surface area (Å²) in [7, 11) is 1.59. The lowest BCUT2D eigenvalue weighted by Crippen LogP contribution is -2.27. The van der Waals surface area contributed by atoms with Crippen molar-refractivity contribution >= 4 is 39.1 Å². The van der Waals surface area contributed by atoms with Crippen molar-refractivity contribution in [3.05, 3.63) is 62.8 Å². The van der Waals surface area contributed by atoms with Crippen LogP contribution in [-0.4, -0.2) is 17.9 Å². The highest BCUT2D eigenvalue weighted by molar-refractivity contribution is 9.10. The van der Waals surface area contributed by atoms with Crippen LogP contribution in [-0.2, 0) is 6.54 Å². The summed E-state index contributed by atoms with van der Waals surface area (Å²) in [6.07, 6.45) is 0. The highest BCUT2D eigenvalue weighted by atomic mass is 79.9. The molecule has 2 rings (SSSR count). The Labute approximate surface area is 135 Å². The lowest BCUT2D eigenvalue weighted by molar-refractivity contribution is 0.0780. The number of carbonyl (C=O) groups is 1. The second-order valence-electron chi connectivity index (χ2n) is 4.64. The molecule has 21 heavy (non-hydrogen) atoms. The van der Waals surface area contributed by atoms with E-state index in [1.54, 1.807) is 31.3 Å². The second kappa shape index (κ2) is 6.45. The quantitative estimate of drug-likeness (QED) is 0.826. The van der Waals surface area contributed by atoms with Crippen molar-refractivity contribution in [3.8, 4) is 0 Å². The summed E-state index contributed by atoms with van der Waals surface area (Å²) < 4.78 is 14.4. The van der Waals surface area contributed by atoms with Gasteiger partial charge in [0.05, 0.1) is 5.56 Å². The first kappa shape index (κ1) is 15.8. The van der Waals surface area contributed by atoms with Crippen LogP contribution >= 0.6 is 27.5 Å². The van der Waals surface area contributed by atoms with E-state index in [0.29, 0.717) is 20.7 Å². The normalized spacial score (nSPS) is 10.5. The Morgan fingerprint density at radius 2 is 2.05 bits per heavy atom. The molecule has 0 heterocycles. The molecule has 2 aromatic carbocycles. The zero-order chi connectivity index (χ0) is 15.6. The van der Waals surface area contributed by atoms with Gasteiger partial charge in [0.25, 0.3) is 5.91 Å². The lowest BCUT2D eigenvalue weighted by Gasteiger charge is -2.19. The van der Waals surface area contributed by atoms with Crippen molar-refractivity contribution in [2.45, 2.75) is 6.54 Å². The predicted octanol–water partition coefficient (Wildman–Crippen LogP) is 4.10. The molecular formula is C15H13BrClFN2O. The van der Waals surface area contributed by atoms with Gasteiger partial charge in [-0.05, 0) is 42.0 Å². The van der Waals surface area contributed by atoms with Crippen LogP contribution in [0.3, 0.4) is 0 Å². The number of anilines is 1. The average Bonchev–Trinajstić information content (AvgIpc) is 2.44. The molecule has 0 bridgehead atoms. The number of amides is 1. The van der Waals surface area contributed by atoms with Crippen LogP contribution in [0.2, 0.25) is 5.02 Å². The van der Waals surface area contributed by atoms with Crippen LogP contribution in [0.1, 0.15) is 15.9 Å². The minimum Gasteiger partial charge on any atom is -0.399 e. The Morgan fingerprint density at radius 1 is 1.33 bits per heavy atom. The number of hydrogen-bond donors (Lipinski definition) is 1. The molecule has 0 atom stereocenters. The number of benzene rings is 2. The Balaban J connectivity index is 2.23. The summed E-state index contributed by atoms with van der Waals surface area (Å²) in [5, 5.41) is 0.513. The first-order valence-corrected chi connectivity index (χ1v) is 7.30. The first-order chi connectivity index (χ1) is 9.88. The summed E-state index contributed by atoms with van der Waals surface area (Å²) >= 11 is 9.30. The summed E-state index contributed by atoms with van der Waals surface area (Å²) in [5.41, 5.74) is 6.98. The molecule has 0 aromatic heterocycles. The van der Waals surface area contributed by atoms with Gasteiger partial charge in [0.1, 0.15) is 5.82 Å². The zero-order valence-corrected chi connectivity index (χ0v) is 13.6. The van der Waals surface area contributed by atoms with E-state index in [1.165, 1.54) is 17.0 Å². The molecule has 0 radical (unpaired) electrons. The number of nitrogen functional groups attached to an aromatic ring is 1. The molecule has 3 nitrogen and oxygen atoms in total. The standard InChI is InChI=1S/C15H13BrClFN2O/c1-20(8-9-6-11(19)3-4-13(9)17)15(21)12-7-10(16)2-5-14(12)18/h2-7H,8,19H2,1H3. The SMILES string of the molecule is CN(Cc1cc(N)ccc1Cl)C(=O)c1cc(Br)ccc1F. The average molecular weight is 372 g/mol. The van der Waals surface area contributed by atoms with Crippen LogP contribution in [0.4, 0.5) is 10.1 Å². The number of rotatable bonds is 3. The van der Waals surface area contributed by atoms with Gasteiger partial charge in [0.2, 0.25) is 0 Å². The van der Waals surface area contributed by atoms with Crippen molar-refractivity contribution in [2.24, 2.45) is 0 Å². The van der Waals surface area contributed by atoms with Gasteiger partial charge in [-0.2, -0.15) is 0 Å². The van der Waals surface area contributed by atoms with Crippen LogP contribution in [0.15, 0.2) is 40.9 Å². The van der Waals surface area contributed by atoms with E-state index in [2.05, 4.69) is 15.9 Å².